The third-order valence-corrected chi connectivity index (χ3v) is 3.54. The molecule has 2 rings (SSSR count). The van der Waals surface area contributed by atoms with Crippen molar-refractivity contribution in [3.63, 3.8) is 0 Å². The Morgan fingerprint density at radius 1 is 1.08 bits per heavy atom. The van der Waals surface area contributed by atoms with Gasteiger partial charge in [-0.2, -0.15) is 0 Å². The highest BCUT2D eigenvalue weighted by Crippen LogP contribution is 2.22. The Balaban J connectivity index is 2.02. The first-order valence-corrected chi connectivity index (χ1v) is 7.45. The fourth-order valence-electron chi connectivity index (χ4n) is 1.75. The van der Waals surface area contributed by atoms with E-state index in [-0.39, 0.29) is 16.3 Å². The summed E-state index contributed by atoms with van der Waals surface area (Å²) >= 11 is 11.6. The zero-order valence-electron chi connectivity index (χ0n) is 12.3. The Bertz CT molecular complexity index is 799. The predicted molar refractivity (Wildman–Crippen MR) is 86.3 cm³/mol. The van der Waals surface area contributed by atoms with Crippen LogP contribution in [0.1, 0.15) is 17.3 Å². The van der Waals surface area contributed by atoms with Gasteiger partial charge < -0.3 is 10.1 Å². The normalized spacial score (nSPS) is 11.7. The van der Waals surface area contributed by atoms with Gasteiger partial charge in [-0.15, -0.1) is 0 Å². The smallest absolute Gasteiger partial charge is 0.340 e. The SMILES string of the molecule is C[C@@H](OC(=O)c1ccc(Cl)cc1Cl)C(=O)Nc1ccc(F)c(F)c1. The van der Waals surface area contributed by atoms with Crippen LogP contribution in [0, 0.1) is 11.6 Å². The molecule has 1 N–H and O–H groups in total. The lowest BCUT2D eigenvalue weighted by Gasteiger charge is -2.14. The van der Waals surface area contributed by atoms with E-state index in [0.717, 1.165) is 12.1 Å². The van der Waals surface area contributed by atoms with Gasteiger partial charge in [-0.25, -0.2) is 13.6 Å². The van der Waals surface area contributed by atoms with Gasteiger partial charge in [0.2, 0.25) is 0 Å². The van der Waals surface area contributed by atoms with Gasteiger partial charge in [-0.05, 0) is 37.3 Å². The number of nitrogens with one attached hydrogen (secondary N) is 1. The largest absolute Gasteiger partial charge is 0.449 e. The van der Waals surface area contributed by atoms with Crippen LogP contribution in [-0.2, 0) is 9.53 Å². The van der Waals surface area contributed by atoms with Gasteiger partial charge >= 0.3 is 5.97 Å². The number of hydrogen-bond donors (Lipinski definition) is 1. The van der Waals surface area contributed by atoms with Gasteiger partial charge in [-0.1, -0.05) is 23.2 Å². The number of hydrogen-bond acceptors (Lipinski definition) is 3. The quantitative estimate of drug-likeness (QED) is 0.805. The Hall–Kier alpha value is -2.18. The van der Waals surface area contributed by atoms with Crippen molar-refractivity contribution in [3.05, 3.63) is 63.6 Å². The number of ether oxygens (including phenoxy) is 1. The molecule has 1 amide bonds. The van der Waals surface area contributed by atoms with Crippen molar-refractivity contribution in [1.29, 1.82) is 0 Å². The Labute approximate surface area is 146 Å². The first kappa shape index (κ1) is 18.2. The average molecular weight is 374 g/mol. The molecule has 0 saturated carbocycles. The minimum Gasteiger partial charge on any atom is -0.449 e. The third kappa shape index (κ3) is 4.43. The van der Waals surface area contributed by atoms with Crippen LogP contribution in [-0.4, -0.2) is 18.0 Å². The number of carbonyl (C=O) groups is 2. The molecule has 0 heterocycles. The van der Waals surface area contributed by atoms with E-state index in [4.69, 9.17) is 27.9 Å². The van der Waals surface area contributed by atoms with E-state index in [2.05, 4.69) is 5.32 Å². The van der Waals surface area contributed by atoms with Gasteiger partial charge in [0.1, 0.15) is 0 Å². The molecule has 4 nitrogen and oxygen atoms in total. The summed E-state index contributed by atoms with van der Waals surface area (Å²) in [4.78, 5) is 24.0. The van der Waals surface area contributed by atoms with Gasteiger partial charge in [0.25, 0.3) is 5.91 Å². The van der Waals surface area contributed by atoms with Gasteiger partial charge in [0, 0.05) is 16.8 Å². The zero-order chi connectivity index (χ0) is 17.9. The first-order valence-electron chi connectivity index (χ1n) is 6.70. The molecule has 0 spiro atoms. The lowest BCUT2D eigenvalue weighted by molar-refractivity contribution is -0.123. The second kappa shape index (κ2) is 7.59. The molecule has 2 aromatic rings. The lowest BCUT2D eigenvalue weighted by Crippen LogP contribution is -2.30. The molecule has 0 unspecified atom stereocenters. The summed E-state index contributed by atoms with van der Waals surface area (Å²) in [6.45, 7) is 1.33. The van der Waals surface area contributed by atoms with Crippen LogP contribution < -0.4 is 5.32 Å². The first-order chi connectivity index (χ1) is 11.3. The molecule has 24 heavy (non-hydrogen) atoms. The summed E-state index contributed by atoms with van der Waals surface area (Å²) in [6.07, 6.45) is -1.18. The van der Waals surface area contributed by atoms with E-state index in [1.165, 1.54) is 31.2 Å². The molecule has 2 aromatic carbocycles. The monoisotopic (exact) mass is 373 g/mol. The summed E-state index contributed by atoms with van der Waals surface area (Å²) in [5, 5.41) is 2.75. The molecule has 0 aliphatic heterocycles. The summed E-state index contributed by atoms with van der Waals surface area (Å²) in [7, 11) is 0. The summed E-state index contributed by atoms with van der Waals surface area (Å²) in [5.41, 5.74) is 0.0832. The van der Waals surface area contributed by atoms with Crippen LogP contribution in [0.25, 0.3) is 0 Å². The Morgan fingerprint density at radius 3 is 2.42 bits per heavy atom. The van der Waals surface area contributed by atoms with Crippen molar-refractivity contribution in [2.75, 3.05) is 5.32 Å². The van der Waals surface area contributed by atoms with E-state index in [0.29, 0.717) is 5.02 Å². The van der Waals surface area contributed by atoms with Crippen molar-refractivity contribution < 1.29 is 23.1 Å². The van der Waals surface area contributed by atoms with Crippen LogP contribution >= 0.6 is 23.2 Å². The van der Waals surface area contributed by atoms with Crippen molar-refractivity contribution >= 4 is 40.8 Å². The lowest BCUT2D eigenvalue weighted by atomic mass is 10.2. The number of halogens is 4. The van der Waals surface area contributed by atoms with Gasteiger partial charge in [0.05, 0.1) is 10.6 Å². The van der Waals surface area contributed by atoms with Crippen LogP contribution in [0.3, 0.4) is 0 Å². The number of rotatable bonds is 4. The van der Waals surface area contributed by atoms with Crippen molar-refractivity contribution in [1.82, 2.24) is 0 Å². The second-order valence-corrected chi connectivity index (χ2v) is 5.63. The number of esters is 1. The molecule has 126 valence electrons. The van der Waals surface area contributed by atoms with E-state index < -0.39 is 29.6 Å². The van der Waals surface area contributed by atoms with Crippen LogP contribution in [0.4, 0.5) is 14.5 Å². The van der Waals surface area contributed by atoms with E-state index in [1.807, 2.05) is 0 Å². The average Bonchev–Trinajstić information content (AvgIpc) is 2.50. The molecule has 0 radical (unpaired) electrons. The molecule has 1 atom stereocenters. The molecule has 0 fully saturated rings. The number of anilines is 1. The third-order valence-electron chi connectivity index (χ3n) is 2.99. The highest BCUT2D eigenvalue weighted by atomic mass is 35.5. The molecular weight excluding hydrogens is 363 g/mol. The highest BCUT2D eigenvalue weighted by Gasteiger charge is 2.21. The molecular formula is C16H11Cl2F2NO3. The molecule has 0 aliphatic rings. The summed E-state index contributed by atoms with van der Waals surface area (Å²) < 4.78 is 30.9. The van der Waals surface area contributed by atoms with Crippen molar-refractivity contribution in [2.24, 2.45) is 0 Å². The van der Waals surface area contributed by atoms with Crippen LogP contribution in [0.15, 0.2) is 36.4 Å². The van der Waals surface area contributed by atoms with Crippen LogP contribution in [0.5, 0.6) is 0 Å². The fraction of sp³-hybridized carbons (Fsp3) is 0.125. The second-order valence-electron chi connectivity index (χ2n) is 4.79. The minimum atomic E-state index is -1.18. The number of carbonyl (C=O) groups excluding carboxylic acids is 2. The van der Waals surface area contributed by atoms with E-state index in [9.17, 15) is 18.4 Å². The molecule has 0 saturated heterocycles. The van der Waals surface area contributed by atoms with Crippen molar-refractivity contribution in [3.8, 4) is 0 Å². The maximum Gasteiger partial charge on any atom is 0.340 e. The van der Waals surface area contributed by atoms with E-state index >= 15 is 0 Å². The number of benzene rings is 2. The summed E-state index contributed by atoms with van der Waals surface area (Å²) in [6, 6.07) is 7.06. The minimum absolute atomic E-state index is 0.0336. The van der Waals surface area contributed by atoms with E-state index in [1.54, 1.807) is 0 Å². The maximum atomic E-state index is 13.1. The number of amides is 1. The summed E-state index contributed by atoms with van der Waals surface area (Å²) in [5.74, 6) is -3.67. The fourth-order valence-corrected chi connectivity index (χ4v) is 2.24. The predicted octanol–water partition coefficient (Wildman–Crippen LogP) is 4.46. The topological polar surface area (TPSA) is 55.4 Å². The standard InChI is InChI=1S/C16H11Cl2F2NO3/c1-8(15(22)21-10-3-5-13(19)14(20)7-10)24-16(23)11-4-2-9(17)6-12(11)18/h2-8H,1H3,(H,21,22)/t8-/m1/s1. The van der Waals surface area contributed by atoms with Gasteiger partial charge in [-0.3, -0.25) is 4.79 Å². The molecule has 0 aromatic heterocycles. The van der Waals surface area contributed by atoms with Gasteiger partial charge in [0.15, 0.2) is 17.7 Å². The highest BCUT2D eigenvalue weighted by molar-refractivity contribution is 6.36. The maximum absolute atomic E-state index is 13.1. The van der Waals surface area contributed by atoms with Crippen LogP contribution in [0.2, 0.25) is 10.0 Å². The van der Waals surface area contributed by atoms with Crippen molar-refractivity contribution in [2.45, 2.75) is 13.0 Å². The molecule has 8 heteroatoms. The Kier molecular flexibility index (Phi) is 5.75. The zero-order valence-corrected chi connectivity index (χ0v) is 13.8. The Morgan fingerprint density at radius 2 is 1.79 bits per heavy atom. The molecule has 0 aliphatic carbocycles. The molecule has 0 bridgehead atoms.